The maximum absolute atomic E-state index is 13.5. The standard InChI is InChI=1S/C24H20ClF3N2O5S/c1-15-6-9-19(10-7-15)36(33,34)30(18-8-11-21(25)20(13-18)24(26,27)28)14-22(31)29-17-5-3-4-16(12-17)23(32)35-2/h3-13H,14H2,1-2H3,(H,29,31). The van der Waals surface area contributed by atoms with Gasteiger partial charge in [-0.25, -0.2) is 13.2 Å². The van der Waals surface area contributed by atoms with Crippen molar-refractivity contribution in [1.29, 1.82) is 0 Å². The molecule has 0 bridgehead atoms. The maximum atomic E-state index is 13.5. The Hall–Kier alpha value is -3.57. The summed E-state index contributed by atoms with van der Waals surface area (Å²) in [6.07, 6.45) is -4.86. The Labute approximate surface area is 210 Å². The number of esters is 1. The second-order valence-electron chi connectivity index (χ2n) is 7.61. The van der Waals surface area contributed by atoms with Gasteiger partial charge in [0, 0.05) is 5.69 Å². The summed E-state index contributed by atoms with van der Waals surface area (Å²) in [5.74, 6) is -1.52. The summed E-state index contributed by atoms with van der Waals surface area (Å²) in [4.78, 5) is 24.4. The van der Waals surface area contributed by atoms with Gasteiger partial charge in [0.15, 0.2) is 0 Å². The van der Waals surface area contributed by atoms with Gasteiger partial charge in [0.05, 0.1) is 33.8 Å². The number of rotatable bonds is 7. The topological polar surface area (TPSA) is 92.8 Å². The molecular formula is C24H20ClF3N2O5S. The Bertz CT molecular complexity index is 1390. The average molecular weight is 541 g/mol. The van der Waals surface area contributed by atoms with Gasteiger partial charge in [-0.05, 0) is 55.5 Å². The first-order valence-corrected chi connectivity index (χ1v) is 12.1. The Kier molecular flexibility index (Phi) is 7.95. The zero-order valence-electron chi connectivity index (χ0n) is 19.0. The molecule has 0 heterocycles. The van der Waals surface area contributed by atoms with Crippen LogP contribution in [-0.2, 0) is 25.7 Å². The predicted octanol–water partition coefficient (Wildman–Crippen LogP) is 5.29. The van der Waals surface area contributed by atoms with Crippen molar-refractivity contribution in [1.82, 2.24) is 0 Å². The van der Waals surface area contributed by atoms with Crippen LogP contribution < -0.4 is 9.62 Å². The van der Waals surface area contributed by atoms with E-state index in [1.165, 1.54) is 55.6 Å². The summed E-state index contributed by atoms with van der Waals surface area (Å²) in [6.45, 7) is 0.871. The Morgan fingerprint density at radius 3 is 2.31 bits per heavy atom. The summed E-state index contributed by atoms with van der Waals surface area (Å²) in [7, 11) is -3.29. The molecule has 0 unspecified atom stereocenters. The Morgan fingerprint density at radius 2 is 1.69 bits per heavy atom. The van der Waals surface area contributed by atoms with Crippen LogP contribution >= 0.6 is 11.6 Å². The number of hydrogen-bond acceptors (Lipinski definition) is 5. The van der Waals surface area contributed by atoms with Crippen molar-refractivity contribution in [2.24, 2.45) is 0 Å². The molecule has 0 saturated carbocycles. The first-order valence-electron chi connectivity index (χ1n) is 10.3. The zero-order chi connectivity index (χ0) is 26.7. The lowest BCUT2D eigenvalue weighted by molar-refractivity contribution is -0.137. The number of hydrogen-bond donors (Lipinski definition) is 1. The maximum Gasteiger partial charge on any atom is 0.417 e. The second-order valence-corrected chi connectivity index (χ2v) is 9.88. The normalized spacial score (nSPS) is 11.6. The molecule has 0 aromatic heterocycles. The van der Waals surface area contributed by atoms with Crippen LogP contribution in [0.2, 0.25) is 5.02 Å². The molecule has 0 fully saturated rings. The molecule has 3 aromatic rings. The molecule has 0 aliphatic carbocycles. The van der Waals surface area contributed by atoms with Crippen molar-refractivity contribution >= 4 is 44.9 Å². The van der Waals surface area contributed by atoms with Crippen LogP contribution in [-0.4, -0.2) is 33.9 Å². The SMILES string of the molecule is COC(=O)c1cccc(NC(=O)CN(c2ccc(Cl)c(C(F)(F)F)c2)S(=O)(=O)c2ccc(C)cc2)c1. The monoisotopic (exact) mass is 540 g/mol. The van der Waals surface area contributed by atoms with Gasteiger partial charge in [0.25, 0.3) is 10.0 Å². The van der Waals surface area contributed by atoms with Crippen LogP contribution in [0.15, 0.2) is 71.6 Å². The summed E-state index contributed by atoms with van der Waals surface area (Å²) in [5, 5.41) is 1.83. The number of methoxy groups -OCH3 is 1. The summed E-state index contributed by atoms with van der Waals surface area (Å²) < 4.78 is 72.5. The molecule has 0 spiro atoms. The number of nitrogens with zero attached hydrogens (tertiary/aromatic N) is 1. The number of nitrogens with one attached hydrogen (secondary N) is 1. The fourth-order valence-electron chi connectivity index (χ4n) is 3.21. The third-order valence-corrected chi connectivity index (χ3v) is 7.12. The molecule has 190 valence electrons. The van der Waals surface area contributed by atoms with E-state index in [1.54, 1.807) is 6.92 Å². The van der Waals surface area contributed by atoms with Gasteiger partial charge in [-0.15, -0.1) is 0 Å². The van der Waals surface area contributed by atoms with Crippen molar-refractivity contribution in [2.75, 3.05) is 23.3 Å². The van der Waals surface area contributed by atoms with E-state index in [9.17, 15) is 31.2 Å². The predicted molar refractivity (Wildman–Crippen MR) is 129 cm³/mol. The fourth-order valence-corrected chi connectivity index (χ4v) is 4.85. The van der Waals surface area contributed by atoms with Gasteiger partial charge >= 0.3 is 12.1 Å². The number of anilines is 2. The molecule has 0 saturated heterocycles. The molecule has 1 amide bonds. The lowest BCUT2D eigenvalue weighted by Gasteiger charge is -2.25. The highest BCUT2D eigenvalue weighted by Gasteiger charge is 2.35. The van der Waals surface area contributed by atoms with Crippen LogP contribution in [0.25, 0.3) is 0 Å². The van der Waals surface area contributed by atoms with E-state index >= 15 is 0 Å². The van der Waals surface area contributed by atoms with Gasteiger partial charge < -0.3 is 10.1 Å². The number of amides is 1. The Balaban J connectivity index is 2.02. The molecule has 0 aliphatic rings. The highest BCUT2D eigenvalue weighted by molar-refractivity contribution is 7.92. The van der Waals surface area contributed by atoms with E-state index in [2.05, 4.69) is 10.1 Å². The second kappa shape index (κ2) is 10.6. The van der Waals surface area contributed by atoms with Crippen LogP contribution in [0, 0.1) is 6.92 Å². The highest BCUT2D eigenvalue weighted by Crippen LogP contribution is 2.38. The molecule has 0 atom stereocenters. The lowest BCUT2D eigenvalue weighted by Crippen LogP contribution is -2.38. The number of carbonyl (C=O) groups excluding carboxylic acids is 2. The quantitative estimate of drug-likeness (QED) is 0.411. The van der Waals surface area contributed by atoms with E-state index < -0.39 is 50.9 Å². The minimum absolute atomic E-state index is 0.131. The van der Waals surface area contributed by atoms with Gasteiger partial charge in [0.2, 0.25) is 5.91 Å². The largest absolute Gasteiger partial charge is 0.465 e. The summed E-state index contributed by atoms with van der Waals surface area (Å²) in [6, 6.07) is 13.9. The molecule has 1 N–H and O–H groups in total. The van der Waals surface area contributed by atoms with Crippen LogP contribution in [0.5, 0.6) is 0 Å². The molecule has 12 heteroatoms. The lowest BCUT2D eigenvalue weighted by atomic mass is 10.2. The van der Waals surface area contributed by atoms with Crippen molar-refractivity contribution < 1.29 is 35.9 Å². The molecular weight excluding hydrogens is 521 g/mol. The van der Waals surface area contributed by atoms with E-state index in [0.29, 0.717) is 10.4 Å². The van der Waals surface area contributed by atoms with E-state index in [4.69, 9.17) is 11.6 Å². The van der Waals surface area contributed by atoms with E-state index in [-0.39, 0.29) is 16.1 Å². The number of halogens is 4. The van der Waals surface area contributed by atoms with Gasteiger partial charge in [-0.2, -0.15) is 13.2 Å². The van der Waals surface area contributed by atoms with Crippen LogP contribution in [0.3, 0.4) is 0 Å². The zero-order valence-corrected chi connectivity index (χ0v) is 20.5. The Morgan fingerprint density at radius 1 is 1.03 bits per heavy atom. The third kappa shape index (κ3) is 6.16. The van der Waals surface area contributed by atoms with E-state index in [0.717, 1.165) is 17.7 Å². The van der Waals surface area contributed by atoms with Gasteiger partial charge in [-0.3, -0.25) is 9.10 Å². The number of alkyl halides is 3. The molecule has 3 aromatic carbocycles. The van der Waals surface area contributed by atoms with Crippen molar-refractivity contribution in [3.8, 4) is 0 Å². The minimum Gasteiger partial charge on any atom is -0.465 e. The number of ether oxygens (including phenoxy) is 1. The first kappa shape index (κ1) is 27.0. The van der Waals surface area contributed by atoms with Crippen molar-refractivity contribution in [2.45, 2.75) is 18.0 Å². The molecule has 3 rings (SSSR count). The number of benzene rings is 3. The number of aryl methyl sites for hydroxylation is 1. The highest BCUT2D eigenvalue weighted by atomic mass is 35.5. The summed E-state index contributed by atoms with van der Waals surface area (Å²) in [5.41, 5.74) is -0.619. The van der Waals surface area contributed by atoms with Crippen molar-refractivity contribution in [3.63, 3.8) is 0 Å². The van der Waals surface area contributed by atoms with Gasteiger partial charge in [0.1, 0.15) is 6.54 Å². The van der Waals surface area contributed by atoms with Crippen LogP contribution in [0.1, 0.15) is 21.5 Å². The third-order valence-electron chi connectivity index (χ3n) is 5.01. The first-order chi connectivity index (χ1) is 16.8. The molecule has 7 nitrogen and oxygen atoms in total. The molecule has 0 aliphatic heterocycles. The van der Waals surface area contributed by atoms with E-state index in [1.807, 2.05) is 0 Å². The number of sulfonamides is 1. The smallest absolute Gasteiger partial charge is 0.417 e. The molecule has 0 radical (unpaired) electrons. The summed E-state index contributed by atoms with van der Waals surface area (Å²) >= 11 is 5.69. The number of carbonyl (C=O) groups is 2. The minimum atomic E-state index is -4.86. The molecule has 36 heavy (non-hydrogen) atoms. The van der Waals surface area contributed by atoms with Crippen molar-refractivity contribution in [3.05, 3.63) is 88.4 Å². The average Bonchev–Trinajstić information content (AvgIpc) is 2.82. The fraction of sp³-hybridized carbons (Fsp3) is 0.167. The van der Waals surface area contributed by atoms with Gasteiger partial charge in [-0.1, -0.05) is 35.4 Å². The van der Waals surface area contributed by atoms with Crippen LogP contribution in [0.4, 0.5) is 24.5 Å².